The molecule has 0 aliphatic carbocycles. The van der Waals surface area contributed by atoms with Crippen LogP contribution in [0.1, 0.15) is 29.0 Å². The van der Waals surface area contributed by atoms with Crippen LogP contribution >= 0.6 is 0 Å². The van der Waals surface area contributed by atoms with E-state index < -0.39 is 0 Å². The Morgan fingerprint density at radius 3 is 2.59 bits per heavy atom. The predicted octanol–water partition coefficient (Wildman–Crippen LogP) is 4.05. The van der Waals surface area contributed by atoms with Crippen LogP contribution < -0.4 is 5.32 Å². The van der Waals surface area contributed by atoms with Crippen LogP contribution in [0.2, 0.25) is 0 Å². The summed E-state index contributed by atoms with van der Waals surface area (Å²) in [5, 5.41) is 2.95. The first-order chi connectivity index (χ1) is 13.2. The van der Waals surface area contributed by atoms with Crippen molar-refractivity contribution < 1.29 is 13.9 Å². The van der Waals surface area contributed by atoms with Gasteiger partial charge in [-0.15, -0.1) is 0 Å². The van der Waals surface area contributed by atoms with E-state index in [1.54, 1.807) is 13.3 Å². The Kier molecular flexibility index (Phi) is 6.39. The van der Waals surface area contributed by atoms with Crippen LogP contribution in [0.5, 0.6) is 0 Å². The molecule has 0 aliphatic heterocycles. The molecule has 2 aromatic carbocycles. The standard InChI is InChI=1S/C22H24N2O3/c1-16-7-9-17(10-8-16)20-14-24-22(27-20)12-11-21(25)23-13-18-5-3-4-6-19(18)15-26-2/h3-10,14H,11-13,15H2,1-2H3,(H,23,25). The van der Waals surface area contributed by atoms with E-state index >= 15 is 0 Å². The quantitative estimate of drug-likeness (QED) is 0.655. The highest BCUT2D eigenvalue weighted by Crippen LogP contribution is 2.21. The van der Waals surface area contributed by atoms with Crippen molar-refractivity contribution in [2.24, 2.45) is 0 Å². The molecule has 5 nitrogen and oxygen atoms in total. The monoisotopic (exact) mass is 364 g/mol. The Balaban J connectivity index is 1.50. The fraction of sp³-hybridized carbons (Fsp3) is 0.273. The summed E-state index contributed by atoms with van der Waals surface area (Å²) in [6.45, 7) is 3.06. The van der Waals surface area contributed by atoms with E-state index in [4.69, 9.17) is 9.15 Å². The van der Waals surface area contributed by atoms with Gasteiger partial charge in [0.1, 0.15) is 0 Å². The zero-order chi connectivity index (χ0) is 19.1. The maximum Gasteiger partial charge on any atom is 0.220 e. The Hall–Kier alpha value is -2.92. The van der Waals surface area contributed by atoms with Crippen LogP contribution in [0.15, 0.2) is 59.1 Å². The lowest BCUT2D eigenvalue weighted by molar-refractivity contribution is -0.121. The highest BCUT2D eigenvalue weighted by molar-refractivity contribution is 5.76. The average molecular weight is 364 g/mol. The lowest BCUT2D eigenvalue weighted by Gasteiger charge is -2.09. The third-order valence-electron chi connectivity index (χ3n) is 4.35. The van der Waals surface area contributed by atoms with E-state index in [1.165, 1.54) is 5.56 Å². The maximum absolute atomic E-state index is 12.2. The van der Waals surface area contributed by atoms with Crippen LogP contribution in [0.4, 0.5) is 0 Å². The number of benzene rings is 2. The van der Waals surface area contributed by atoms with E-state index in [1.807, 2.05) is 55.5 Å². The molecule has 1 aromatic heterocycles. The van der Waals surface area contributed by atoms with Gasteiger partial charge in [0.25, 0.3) is 0 Å². The van der Waals surface area contributed by atoms with Crippen LogP contribution in [-0.4, -0.2) is 18.0 Å². The molecule has 5 heteroatoms. The Morgan fingerprint density at radius 1 is 1.11 bits per heavy atom. The van der Waals surface area contributed by atoms with Gasteiger partial charge < -0.3 is 14.5 Å². The van der Waals surface area contributed by atoms with Gasteiger partial charge in [-0.3, -0.25) is 4.79 Å². The van der Waals surface area contributed by atoms with Crippen molar-refractivity contribution in [3.8, 4) is 11.3 Å². The topological polar surface area (TPSA) is 64.4 Å². The number of hydrogen-bond donors (Lipinski definition) is 1. The molecular formula is C22H24N2O3. The van der Waals surface area contributed by atoms with Gasteiger partial charge in [0.2, 0.25) is 5.91 Å². The molecule has 27 heavy (non-hydrogen) atoms. The number of aromatic nitrogens is 1. The first kappa shape index (κ1) is 18.9. The Bertz CT molecular complexity index is 885. The number of amides is 1. The SMILES string of the molecule is COCc1ccccc1CNC(=O)CCc1ncc(-c2ccc(C)cc2)o1. The lowest BCUT2D eigenvalue weighted by atomic mass is 10.1. The van der Waals surface area contributed by atoms with Gasteiger partial charge in [-0.05, 0) is 18.1 Å². The molecular weight excluding hydrogens is 340 g/mol. The number of oxazole rings is 1. The van der Waals surface area contributed by atoms with E-state index in [0.29, 0.717) is 31.9 Å². The number of nitrogens with zero attached hydrogens (tertiary/aromatic N) is 1. The second-order valence-electron chi connectivity index (χ2n) is 6.46. The molecule has 0 radical (unpaired) electrons. The fourth-order valence-corrected chi connectivity index (χ4v) is 2.81. The number of ether oxygens (including phenoxy) is 1. The molecule has 1 amide bonds. The van der Waals surface area contributed by atoms with Gasteiger partial charge in [0.05, 0.1) is 12.8 Å². The number of hydrogen-bond acceptors (Lipinski definition) is 4. The molecule has 140 valence electrons. The van der Waals surface area contributed by atoms with E-state index in [2.05, 4.69) is 10.3 Å². The van der Waals surface area contributed by atoms with Crippen molar-refractivity contribution >= 4 is 5.91 Å². The summed E-state index contributed by atoms with van der Waals surface area (Å²) < 4.78 is 11.0. The van der Waals surface area contributed by atoms with Gasteiger partial charge in [0.15, 0.2) is 11.7 Å². The first-order valence-corrected chi connectivity index (χ1v) is 9.00. The van der Waals surface area contributed by atoms with Crippen LogP contribution in [0, 0.1) is 6.92 Å². The first-order valence-electron chi connectivity index (χ1n) is 9.00. The summed E-state index contributed by atoms with van der Waals surface area (Å²) in [4.78, 5) is 16.4. The summed E-state index contributed by atoms with van der Waals surface area (Å²) in [7, 11) is 1.66. The van der Waals surface area contributed by atoms with Gasteiger partial charge in [-0.2, -0.15) is 0 Å². The van der Waals surface area contributed by atoms with Crippen LogP contribution in [0.3, 0.4) is 0 Å². The van der Waals surface area contributed by atoms with Crippen molar-refractivity contribution in [2.45, 2.75) is 32.9 Å². The number of aryl methyl sites for hydroxylation is 2. The summed E-state index contributed by atoms with van der Waals surface area (Å²) in [5.41, 5.74) is 4.32. The van der Waals surface area contributed by atoms with E-state index in [0.717, 1.165) is 22.5 Å². The second kappa shape index (κ2) is 9.14. The summed E-state index contributed by atoms with van der Waals surface area (Å²) in [5.74, 6) is 1.26. The lowest BCUT2D eigenvalue weighted by Crippen LogP contribution is -2.23. The van der Waals surface area contributed by atoms with Crippen LogP contribution in [0.25, 0.3) is 11.3 Å². The largest absolute Gasteiger partial charge is 0.441 e. The van der Waals surface area contributed by atoms with Gasteiger partial charge in [0, 0.05) is 32.1 Å². The molecule has 0 spiro atoms. The molecule has 0 aliphatic rings. The molecule has 0 saturated carbocycles. The van der Waals surface area contributed by atoms with Crippen molar-refractivity contribution in [2.75, 3.05) is 7.11 Å². The van der Waals surface area contributed by atoms with Gasteiger partial charge in [-0.25, -0.2) is 4.98 Å². The zero-order valence-corrected chi connectivity index (χ0v) is 15.7. The minimum atomic E-state index is -0.0303. The normalized spacial score (nSPS) is 10.7. The number of carbonyl (C=O) groups excluding carboxylic acids is 1. The van der Waals surface area contributed by atoms with E-state index in [-0.39, 0.29) is 5.91 Å². The Labute approximate surface area is 159 Å². The summed E-state index contributed by atoms with van der Waals surface area (Å²) in [6, 6.07) is 16.0. The van der Waals surface area contributed by atoms with Crippen molar-refractivity contribution in [1.82, 2.24) is 10.3 Å². The molecule has 0 bridgehead atoms. The third kappa shape index (κ3) is 5.28. The number of methoxy groups -OCH3 is 1. The van der Waals surface area contributed by atoms with Crippen molar-refractivity contribution in [1.29, 1.82) is 0 Å². The van der Waals surface area contributed by atoms with Gasteiger partial charge in [-0.1, -0.05) is 54.1 Å². The maximum atomic E-state index is 12.2. The van der Waals surface area contributed by atoms with Crippen LogP contribution in [-0.2, 0) is 29.1 Å². The van der Waals surface area contributed by atoms with Gasteiger partial charge >= 0.3 is 0 Å². The Morgan fingerprint density at radius 2 is 1.85 bits per heavy atom. The van der Waals surface area contributed by atoms with Crippen molar-refractivity contribution in [3.05, 3.63) is 77.3 Å². The summed E-state index contributed by atoms with van der Waals surface area (Å²) >= 11 is 0. The molecule has 0 unspecified atom stereocenters. The molecule has 0 fully saturated rings. The predicted molar refractivity (Wildman–Crippen MR) is 104 cm³/mol. The molecule has 1 heterocycles. The molecule has 0 atom stereocenters. The molecule has 0 saturated heterocycles. The highest BCUT2D eigenvalue weighted by Gasteiger charge is 2.10. The minimum Gasteiger partial charge on any atom is -0.441 e. The average Bonchev–Trinajstić information content (AvgIpc) is 3.15. The molecule has 3 aromatic rings. The number of carbonyl (C=O) groups is 1. The summed E-state index contributed by atoms with van der Waals surface area (Å²) in [6.07, 6.45) is 2.51. The van der Waals surface area contributed by atoms with Crippen molar-refractivity contribution in [3.63, 3.8) is 0 Å². The highest BCUT2D eigenvalue weighted by atomic mass is 16.5. The van der Waals surface area contributed by atoms with E-state index in [9.17, 15) is 4.79 Å². The number of rotatable bonds is 8. The zero-order valence-electron chi connectivity index (χ0n) is 15.7. The third-order valence-corrected chi connectivity index (χ3v) is 4.35. The molecule has 3 rings (SSSR count). The fourth-order valence-electron chi connectivity index (χ4n) is 2.81. The smallest absolute Gasteiger partial charge is 0.220 e. The minimum absolute atomic E-state index is 0.0303. The second-order valence-corrected chi connectivity index (χ2v) is 6.46. The number of nitrogens with one attached hydrogen (secondary N) is 1. The molecule has 1 N–H and O–H groups in total.